The first kappa shape index (κ1) is 22.0. The van der Waals surface area contributed by atoms with Gasteiger partial charge in [-0.2, -0.15) is 0 Å². The lowest BCUT2D eigenvalue weighted by Gasteiger charge is -2.09. The largest absolute Gasteiger partial charge is 0.493 e. The molecule has 7 heteroatoms. The van der Waals surface area contributed by atoms with Crippen LogP contribution in [0.15, 0.2) is 47.6 Å². The van der Waals surface area contributed by atoms with Crippen molar-refractivity contribution in [2.24, 2.45) is 10.7 Å². The summed E-state index contributed by atoms with van der Waals surface area (Å²) in [6.07, 6.45) is 4.44. The molecule has 0 radical (unpaired) electrons. The Morgan fingerprint density at radius 1 is 1.12 bits per heavy atom. The van der Waals surface area contributed by atoms with Crippen molar-refractivity contribution in [3.8, 4) is 11.5 Å². The van der Waals surface area contributed by atoms with Crippen molar-refractivity contribution >= 4 is 29.9 Å². The zero-order valence-corrected chi connectivity index (χ0v) is 17.6. The van der Waals surface area contributed by atoms with Crippen LogP contribution in [0.2, 0.25) is 0 Å². The van der Waals surface area contributed by atoms with Crippen LogP contribution in [-0.4, -0.2) is 38.3 Å². The molecule has 1 aromatic heterocycles. The molecular weight excluding hydrogens is 443 g/mol. The average Bonchev–Trinajstić information content (AvgIpc) is 2.66. The molecule has 3 N–H and O–H groups in total. The Morgan fingerprint density at radius 3 is 2.62 bits per heavy atom. The van der Waals surface area contributed by atoms with Crippen LogP contribution in [0.3, 0.4) is 0 Å². The van der Waals surface area contributed by atoms with Gasteiger partial charge in [0.05, 0.1) is 14.2 Å². The number of ether oxygens (including phenoxy) is 2. The number of rotatable bonds is 9. The van der Waals surface area contributed by atoms with Gasteiger partial charge < -0.3 is 20.5 Å². The van der Waals surface area contributed by atoms with Gasteiger partial charge in [-0.3, -0.25) is 9.98 Å². The van der Waals surface area contributed by atoms with Gasteiger partial charge in [-0.25, -0.2) is 0 Å². The summed E-state index contributed by atoms with van der Waals surface area (Å²) in [5.74, 6) is 1.97. The van der Waals surface area contributed by atoms with E-state index in [1.807, 2.05) is 36.4 Å². The lowest BCUT2D eigenvalue weighted by Crippen LogP contribution is -2.33. The third-order valence-corrected chi connectivity index (χ3v) is 3.77. The fraction of sp³-hybridized carbons (Fsp3) is 0.368. The second kappa shape index (κ2) is 12.3. The van der Waals surface area contributed by atoms with Crippen LogP contribution in [0.25, 0.3) is 0 Å². The number of aliphatic imine (C=N–C) groups is 1. The van der Waals surface area contributed by atoms with Crippen LogP contribution in [0, 0.1) is 0 Å². The molecule has 0 amide bonds. The van der Waals surface area contributed by atoms with E-state index >= 15 is 0 Å². The van der Waals surface area contributed by atoms with Gasteiger partial charge in [-0.05, 0) is 42.7 Å². The summed E-state index contributed by atoms with van der Waals surface area (Å²) < 4.78 is 10.6. The monoisotopic (exact) mass is 470 g/mol. The SMILES string of the molecule is COc1ccc(CCCN=C(N)NCCc2ccccn2)cc1OC.I. The summed E-state index contributed by atoms with van der Waals surface area (Å²) in [6, 6.07) is 11.8. The van der Waals surface area contributed by atoms with E-state index in [0.29, 0.717) is 12.5 Å². The zero-order chi connectivity index (χ0) is 17.9. The summed E-state index contributed by atoms with van der Waals surface area (Å²) in [7, 11) is 3.28. The zero-order valence-electron chi connectivity index (χ0n) is 15.3. The predicted octanol–water partition coefficient (Wildman–Crippen LogP) is 2.80. The van der Waals surface area contributed by atoms with Crippen molar-refractivity contribution in [2.75, 3.05) is 27.3 Å². The number of nitrogens with zero attached hydrogens (tertiary/aromatic N) is 2. The molecule has 26 heavy (non-hydrogen) atoms. The van der Waals surface area contributed by atoms with E-state index in [1.54, 1.807) is 20.4 Å². The Bertz CT molecular complexity index is 680. The van der Waals surface area contributed by atoms with Crippen LogP contribution in [0.5, 0.6) is 11.5 Å². The first-order valence-electron chi connectivity index (χ1n) is 8.37. The molecule has 0 aliphatic rings. The molecule has 0 aliphatic carbocycles. The molecule has 0 unspecified atom stereocenters. The van der Waals surface area contributed by atoms with E-state index in [2.05, 4.69) is 15.3 Å². The number of nitrogens with one attached hydrogen (secondary N) is 1. The Morgan fingerprint density at radius 2 is 1.92 bits per heavy atom. The molecule has 0 spiro atoms. The van der Waals surface area contributed by atoms with E-state index in [4.69, 9.17) is 15.2 Å². The Labute approximate surface area is 172 Å². The van der Waals surface area contributed by atoms with Gasteiger partial charge >= 0.3 is 0 Å². The number of halogens is 1. The fourth-order valence-corrected chi connectivity index (χ4v) is 2.44. The van der Waals surface area contributed by atoms with Gasteiger partial charge in [0.25, 0.3) is 0 Å². The molecule has 142 valence electrons. The maximum atomic E-state index is 5.88. The van der Waals surface area contributed by atoms with E-state index in [9.17, 15) is 0 Å². The second-order valence-electron chi connectivity index (χ2n) is 5.56. The first-order chi connectivity index (χ1) is 12.2. The fourth-order valence-electron chi connectivity index (χ4n) is 2.44. The molecule has 2 aromatic rings. The van der Waals surface area contributed by atoms with Crippen molar-refractivity contribution in [1.82, 2.24) is 10.3 Å². The van der Waals surface area contributed by atoms with Gasteiger partial charge in [0.2, 0.25) is 0 Å². The van der Waals surface area contributed by atoms with E-state index in [0.717, 1.165) is 43.0 Å². The number of guanidine groups is 1. The summed E-state index contributed by atoms with van der Waals surface area (Å²) in [5.41, 5.74) is 8.11. The van der Waals surface area contributed by atoms with E-state index in [-0.39, 0.29) is 24.0 Å². The van der Waals surface area contributed by atoms with Gasteiger partial charge in [0, 0.05) is 31.4 Å². The molecule has 0 bridgehead atoms. The smallest absolute Gasteiger partial charge is 0.188 e. The summed E-state index contributed by atoms with van der Waals surface area (Å²) in [5, 5.41) is 3.11. The predicted molar refractivity (Wildman–Crippen MR) is 116 cm³/mol. The average molecular weight is 470 g/mol. The normalized spacial score (nSPS) is 10.8. The number of aryl methyl sites for hydroxylation is 1. The molecule has 1 heterocycles. The molecule has 0 fully saturated rings. The topological polar surface area (TPSA) is 81.8 Å². The quantitative estimate of drug-likeness (QED) is 0.255. The number of nitrogens with two attached hydrogens (primary N) is 1. The molecular formula is C19H27IN4O2. The van der Waals surface area contributed by atoms with Crippen molar-refractivity contribution < 1.29 is 9.47 Å². The highest BCUT2D eigenvalue weighted by atomic mass is 127. The van der Waals surface area contributed by atoms with Crippen LogP contribution < -0.4 is 20.5 Å². The van der Waals surface area contributed by atoms with Crippen molar-refractivity contribution in [3.63, 3.8) is 0 Å². The third-order valence-electron chi connectivity index (χ3n) is 3.77. The number of benzene rings is 1. The van der Waals surface area contributed by atoms with Crippen molar-refractivity contribution in [2.45, 2.75) is 19.3 Å². The maximum Gasteiger partial charge on any atom is 0.188 e. The number of aromatic nitrogens is 1. The molecule has 1 aromatic carbocycles. The summed E-state index contributed by atoms with van der Waals surface area (Å²) in [4.78, 5) is 8.62. The Kier molecular flexibility index (Phi) is 10.5. The van der Waals surface area contributed by atoms with Crippen LogP contribution in [0.1, 0.15) is 17.7 Å². The minimum Gasteiger partial charge on any atom is -0.493 e. The number of hydrogen-bond acceptors (Lipinski definition) is 4. The Balaban J connectivity index is 0.00000338. The molecule has 2 rings (SSSR count). The molecule has 0 atom stereocenters. The minimum atomic E-state index is 0. The number of methoxy groups -OCH3 is 2. The minimum absolute atomic E-state index is 0. The number of hydrogen-bond donors (Lipinski definition) is 2. The third kappa shape index (κ3) is 7.47. The lowest BCUT2D eigenvalue weighted by atomic mass is 10.1. The highest BCUT2D eigenvalue weighted by molar-refractivity contribution is 14.0. The first-order valence-corrected chi connectivity index (χ1v) is 8.37. The van der Waals surface area contributed by atoms with Gasteiger partial charge in [0.15, 0.2) is 17.5 Å². The van der Waals surface area contributed by atoms with Gasteiger partial charge in [-0.15, -0.1) is 24.0 Å². The highest BCUT2D eigenvalue weighted by Crippen LogP contribution is 2.27. The lowest BCUT2D eigenvalue weighted by molar-refractivity contribution is 0.354. The molecule has 0 aliphatic heterocycles. The van der Waals surface area contributed by atoms with Crippen LogP contribution in [-0.2, 0) is 12.8 Å². The standard InChI is InChI=1S/C19H26N4O2.HI/c1-24-17-9-8-15(14-18(17)25-2)6-5-12-22-19(20)23-13-10-16-7-3-4-11-21-16;/h3-4,7-9,11,14H,5-6,10,12-13H2,1-2H3,(H3,20,22,23);1H. The van der Waals surface area contributed by atoms with Crippen LogP contribution in [0.4, 0.5) is 0 Å². The van der Waals surface area contributed by atoms with Gasteiger partial charge in [0.1, 0.15) is 0 Å². The van der Waals surface area contributed by atoms with E-state index in [1.165, 1.54) is 5.56 Å². The molecule has 6 nitrogen and oxygen atoms in total. The highest BCUT2D eigenvalue weighted by Gasteiger charge is 2.04. The van der Waals surface area contributed by atoms with Crippen LogP contribution >= 0.6 is 24.0 Å². The summed E-state index contributed by atoms with van der Waals surface area (Å²) >= 11 is 0. The van der Waals surface area contributed by atoms with Gasteiger partial charge in [-0.1, -0.05) is 12.1 Å². The second-order valence-corrected chi connectivity index (χ2v) is 5.56. The Hall–Kier alpha value is -2.03. The van der Waals surface area contributed by atoms with Crippen molar-refractivity contribution in [3.05, 3.63) is 53.9 Å². The maximum absolute atomic E-state index is 5.88. The molecule has 0 saturated carbocycles. The summed E-state index contributed by atoms with van der Waals surface area (Å²) in [6.45, 7) is 1.40. The van der Waals surface area contributed by atoms with Crippen molar-refractivity contribution in [1.29, 1.82) is 0 Å². The number of pyridine rings is 1. The van der Waals surface area contributed by atoms with E-state index < -0.39 is 0 Å². The molecule has 0 saturated heterocycles.